The highest BCUT2D eigenvalue weighted by Gasteiger charge is 2.36. The first-order chi connectivity index (χ1) is 10.1. The standard InChI is InChI=1S/C18H20ClNO/c1-3-18(4-2,15-8-6-5-7-9-15)17(21)12-14-10-11-20-13-16(14)19/h5-11,13H,3-4,12H2,1-2H3. The molecule has 1 aromatic carbocycles. The van der Waals surface area contributed by atoms with Crippen LogP contribution in [-0.4, -0.2) is 10.8 Å². The molecule has 0 aliphatic rings. The van der Waals surface area contributed by atoms with Crippen molar-refractivity contribution in [1.29, 1.82) is 0 Å². The zero-order chi connectivity index (χ0) is 15.3. The Balaban J connectivity index is 2.35. The van der Waals surface area contributed by atoms with Crippen molar-refractivity contribution in [3.8, 4) is 0 Å². The fourth-order valence-electron chi connectivity index (χ4n) is 2.86. The minimum Gasteiger partial charge on any atom is -0.298 e. The van der Waals surface area contributed by atoms with Gasteiger partial charge in [-0.05, 0) is 30.0 Å². The number of hydrogen-bond donors (Lipinski definition) is 0. The lowest BCUT2D eigenvalue weighted by molar-refractivity contribution is -0.124. The van der Waals surface area contributed by atoms with Gasteiger partial charge in [-0.25, -0.2) is 0 Å². The second-order valence-electron chi connectivity index (χ2n) is 5.22. The molecule has 0 radical (unpaired) electrons. The van der Waals surface area contributed by atoms with Crippen molar-refractivity contribution in [1.82, 2.24) is 4.98 Å². The molecule has 1 aromatic heterocycles. The van der Waals surface area contributed by atoms with E-state index in [1.165, 1.54) is 0 Å². The summed E-state index contributed by atoms with van der Waals surface area (Å²) in [5, 5.41) is 0.556. The molecule has 1 heterocycles. The Morgan fingerprint density at radius 3 is 2.38 bits per heavy atom. The second-order valence-corrected chi connectivity index (χ2v) is 5.63. The molecule has 0 atom stereocenters. The molecule has 0 bridgehead atoms. The molecule has 0 aliphatic carbocycles. The highest BCUT2D eigenvalue weighted by molar-refractivity contribution is 6.31. The van der Waals surface area contributed by atoms with Gasteiger partial charge in [0.2, 0.25) is 0 Å². The quantitative estimate of drug-likeness (QED) is 0.780. The number of carbonyl (C=O) groups excluding carboxylic acids is 1. The number of carbonyl (C=O) groups is 1. The Bertz CT molecular complexity index is 606. The van der Waals surface area contributed by atoms with E-state index in [2.05, 4.69) is 18.8 Å². The molecule has 21 heavy (non-hydrogen) atoms. The fraction of sp³-hybridized carbons (Fsp3) is 0.333. The molecule has 2 aromatic rings. The van der Waals surface area contributed by atoms with Crippen LogP contribution in [0.2, 0.25) is 5.02 Å². The minimum absolute atomic E-state index is 0.215. The lowest BCUT2D eigenvalue weighted by Crippen LogP contribution is -2.36. The van der Waals surface area contributed by atoms with Gasteiger partial charge in [-0.3, -0.25) is 9.78 Å². The third kappa shape index (κ3) is 3.16. The van der Waals surface area contributed by atoms with Gasteiger partial charge in [-0.2, -0.15) is 0 Å². The third-order valence-electron chi connectivity index (χ3n) is 4.27. The molecule has 110 valence electrons. The summed E-state index contributed by atoms with van der Waals surface area (Å²) in [6.07, 6.45) is 5.19. The number of halogens is 1. The van der Waals surface area contributed by atoms with Crippen LogP contribution in [0, 0.1) is 0 Å². The zero-order valence-electron chi connectivity index (χ0n) is 12.5. The van der Waals surface area contributed by atoms with E-state index < -0.39 is 5.41 Å². The number of Topliss-reactive ketones (excluding diaryl/α,β-unsaturated/α-hetero) is 1. The summed E-state index contributed by atoms with van der Waals surface area (Å²) in [5.41, 5.74) is 1.50. The molecule has 0 saturated heterocycles. The van der Waals surface area contributed by atoms with Crippen LogP contribution in [0.4, 0.5) is 0 Å². The smallest absolute Gasteiger partial charge is 0.147 e. The predicted molar refractivity (Wildman–Crippen MR) is 86.7 cm³/mol. The van der Waals surface area contributed by atoms with Crippen LogP contribution in [0.15, 0.2) is 48.8 Å². The number of benzene rings is 1. The molecule has 0 amide bonds. The van der Waals surface area contributed by atoms with Gasteiger partial charge >= 0.3 is 0 Å². The van der Waals surface area contributed by atoms with Crippen molar-refractivity contribution in [3.05, 3.63) is 64.9 Å². The van der Waals surface area contributed by atoms with Gasteiger partial charge in [-0.1, -0.05) is 55.8 Å². The van der Waals surface area contributed by atoms with Gasteiger partial charge in [0.25, 0.3) is 0 Å². The van der Waals surface area contributed by atoms with Crippen LogP contribution >= 0.6 is 11.6 Å². The Kier molecular flexibility index (Phi) is 5.13. The van der Waals surface area contributed by atoms with Crippen LogP contribution in [-0.2, 0) is 16.6 Å². The van der Waals surface area contributed by atoms with Crippen molar-refractivity contribution in [3.63, 3.8) is 0 Å². The summed E-state index contributed by atoms with van der Waals surface area (Å²) in [6.45, 7) is 4.14. The first-order valence-corrected chi connectivity index (χ1v) is 7.69. The number of ketones is 1. The van der Waals surface area contributed by atoms with E-state index in [4.69, 9.17) is 11.6 Å². The number of pyridine rings is 1. The Morgan fingerprint density at radius 1 is 1.14 bits per heavy atom. The van der Waals surface area contributed by atoms with Crippen LogP contribution in [0.1, 0.15) is 37.8 Å². The van der Waals surface area contributed by atoms with E-state index in [-0.39, 0.29) is 5.78 Å². The molecule has 0 unspecified atom stereocenters. The molecule has 0 spiro atoms. The van der Waals surface area contributed by atoms with Crippen LogP contribution < -0.4 is 0 Å². The van der Waals surface area contributed by atoms with Crippen molar-refractivity contribution in [2.45, 2.75) is 38.5 Å². The van der Waals surface area contributed by atoms with E-state index in [1.807, 2.05) is 36.4 Å². The average Bonchev–Trinajstić information content (AvgIpc) is 2.52. The zero-order valence-corrected chi connectivity index (χ0v) is 13.2. The largest absolute Gasteiger partial charge is 0.298 e. The molecule has 0 saturated carbocycles. The number of nitrogens with zero attached hydrogens (tertiary/aromatic N) is 1. The normalized spacial score (nSPS) is 11.4. The van der Waals surface area contributed by atoms with Gasteiger partial charge in [0.15, 0.2) is 0 Å². The van der Waals surface area contributed by atoms with E-state index in [0.29, 0.717) is 11.4 Å². The topological polar surface area (TPSA) is 30.0 Å². The Labute approximate surface area is 131 Å². The lowest BCUT2D eigenvalue weighted by Gasteiger charge is -2.31. The summed E-state index contributed by atoms with van der Waals surface area (Å²) in [5.74, 6) is 0.215. The van der Waals surface area contributed by atoms with Gasteiger partial charge in [0, 0.05) is 18.8 Å². The average molecular weight is 302 g/mol. The Morgan fingerprint density at radius 2 is 1.81 bits per heavy atom. The lowest BCUT2D eigenvalue weighted by atomic mass is 9.71. The highest BCUT2D eigenvalue weighted by atomic mass is 35.5. The maximum Gasteiger partial charge on any atom is 0.147 e. The molecule has 2 rings (SSSR count). The molecule has 0 N–H and O–H groups in total. The number of aromatic nitrogens is 1. The summed E-state index contributed by atoms with van der Waals surface area (Å²) < 4.78 is 0. The molecular weight excluding hydrogens is 282 g/mol. The first-order valence-electron chi connectivity index (χ1n) is 7.31. The molecule has 2 nitrogen and oxygen atoms in total. The fourth-order valence-corrected chi connectivity index (χ4v) is 3.05. The van der Waals surface area contributed by atoms with Crippen molar-refractivity contribution >= 4 is 17.4 Å². The van der Waals surface area contributed by atoms with Crippen LogP contribution in [0.3, 0.4) is 0 Å². The van der Waals surface area contributed by atoms with Crippen molar-refractivity contribution in [2.75, 3.05) is 0 Å². The minimum atomic E-state index is -0.437. The van der Waals surface area contributed by atoms with E-state index in [0.717, 1.165) is 24.0 Å². The molecule has 0 fully saturated rings. The maximum atomic E-state index is 13.0. The van der Waals surface area contributed by atoms with E-state index >= 15 is 0 Å². The van der Waals surface area contributed by atoms with Crippen molar-refractivity contribution < 1.29 is 4.79 Å². The molecular formula is C18H20ClNO. The van der Waals surface area contributed by atoms with Crippen LogP contribution in [0.5, 0.6) is 0 Å². The molecule has 0 aliphatic heterocycles. The molecule has 3 heteroatoms. The second kappa shape index (κ2) is 6.86. The summed E-state index contributed by atoms with van der Waals surface area (Å²) in [7, 11) is 0. The number of rotatable bonds is 6. The third-order valence-corrected chi connectivity index (χ3v) is 4.62. The van der Waals surface area contributed by atoms with Gasteiger partial charge in [0.05, 0.1) is 10.4 Å². The highest BCUT2D eigenvalue weighted by Crippen LogP contribution is 2.34. The summed E-state index contributed by atoms with van der Waals surface area (Å²) in [6, 6.07) is 11.9. The Hall–Kier alpha value is -1.67. The first kappa shape index (κ1) is 15.7. The van der Waals surface area contributed by atoms with Gasteiger partial charge in [-0.15, -0.1) is 0 Å². The van der Waals surface area contributed by atoms with E-state index in [1.54, 1.807) is 12.4 Å². The van der Waals surface area contributed by atoms with Gasteiger partial charge in [0.1, 0.15) is 5.78 Å². The predicted octanol–water partition coefficient (Wildman–Crippen LogP) is 4.60. The number of hydrogen-bond acceptors (Lipinski definition) is 2. The summed E-state index contributed by atoms with van der Waals surface area (Å²) in [4.78, 5) is 16.9. The van der Waals surface area contributed by atoms with E-state index in [9.17, 15) is 4.79 Å². The summed E-state index contributed by atoms with van der Waals surface area (Å²) >= 11 is 6.14. The monoisotopic (exact) mass is 301 g/mol. The maximum absolute atomic E-state index is 13.0. The van der Waals surface area contributed by atoms with Gasteiger partial charge < -0.3 is 0 Å². The van der Waals surface area contributed by atoms with Crippen molar-refractivity contribution in [2.24, 2.45) is 0 Å². The SMILES string of the molecule is CCC(CC)(C(=O)Cc1ccncc1Cl)c1ccccc1. The van der Waals surface area contributed by atoms with Crippen LogP contribution in [0.25, 0.3) is 0 Å².